The van der Waals surface area contributed by atoms with Gasteiger partial charge in [-0.2, -0.15) is 0 Å². The van der Waals surface area contributed by atoms with E-state index in [0.717, 1.165) is 0 Å². The summed E-state index contributed by atoms with van der Waals surface area (Å²) in [6, 6.07) is 8.89. The minimum atomic E-state index is -0.666. The van der Waals surface area contributed by atoms with E-state index in [1.54, 1.807) is 0 Å². The number of nitrogens with zero attached hydrogens (tertiary/aromatic N) is 1. The Labute approximate surface area is 125 Å². The topological polar surface area (TPSA) is 78.7 Å². The van der Waals surface area contributed by atoms with Crippen LogP contribution in [0.2, 0.25) is 0 Å². The molecule has 0 spiro atoms. The number of nitro benzene ring substituents is 1. The van der Waals surface area contributed by atoms with Crippen molar-refractivity contribution in [2.75, 3.05) is 7.11 Å². The number of carbonyl (C=O) groups is 1. The third-order valence-corrected chi connectivity index (χ3v) is 2.92. The second kappa shape index (κ2) is 6.66. The molecular formula is C15H12FNO5. The molecule has 2 aromatic rings. The van der Waals surface area contributed by atoms with Crippen molar-refractivity contribution >= 4 is 11.7 Å². The number of hydrogen-bond acceptors (Lipinski definition) is 5. The maximum absolute atomic E-state index is 13.2. The van der Waals surface area contributed by atoms with Crippen molar-refractivity contribution in [3.8, 4) is 5.75 Å². The fourth-order valence-electron chi connectivity index (χ4n) is 1.81. The number of hydrogen-bond donors (Lipinski definition) is 0. The third-order valence-electron chi connectivity index (χ3n) is 2.92. The molecule has 2 rings (SSSR count). The molecule has 0 aliphatic rings. The van der Waals surface area contributed by atoms with Crippen LogP contribution >= 0.6 is 0 Å². The maximum atomic E-state index is 13.2. The van der Waals surface area contributed by atoms with Gasteiger partial charge in [-0.15, -0.1) is 0 Å². The third kappa shape index (κ3) is 3.57. The fraction of sp³-hybridized carbons (Fsp3) is 0.133. The van der Waals surface area contributed by atoms with Crippen molar-refractivity contribution in [2.45, 2.75) is 6.61 Å². The van der Waals surface area contributed by atoms with Crippen LogP contribution in [0.1, 0.15) is 15.9 Å². The van der Waals surface area contributed by atoms with Gasteiger partial charge in [-0.05, 0) is 30.3 Å². The first kappa shape index (κ1) is 15.4. The highest BCUT2D eigenvalue weighted by molar-refractivity contribution is 5.89. The van der Waals surface area contributed by atoms with Crippen LogP contribution in [-0.4, -0.2) is 18.0 Å². The zero-order chi connectivity index (χ0) is 16.1. The van der Waals surface area contributed by atoms with Crippen LogP contribution in [0, 0.1) is 15.9 Å². The summed E-state index contributed by atoms with van der Waals surface area (Å²) in [6.07, 6.45) is 0. The van der Waals surface area contributed by atoms with E-state index in [-0.39, 0.29) is 17.9 Å². The van der Waals surface area contributed by atoms with E-state index in [4.69, 9.17) is 9.47 Å². The van der Waals surface area contributed by atoms with Crippen LogP contribution in [0.4, 0.5) is 10.1 Å². The number of benzene rings is 2. The van der Waals surface area contributed by atoms with Crippen LogP contribution in [0.25, 0.3) is 0 Å². The quantitative estimate of drug-likeness (QED) is 0.482. The van der Waals surface area contributed by atoms with Crippen LogP contribution in [0.3, 0.4) is 0 Å². The zero-order valence-corrected chi connectivity index (χ0v) is 11.6. The van der Waals surface area contributed by atoms with Crippen molar-refractivity contribution in [1.29, 1.82) is 0 Å². The van der Waals surface area contributed by atoms with Crippen molar-refractivity contribution in [2.24, 2.45) is 0 Å². The van der Waals surface area contributed by atoms with Gasteiger partial charge < -0.3 is 9.47 Å². The van der Waals surface area contributed by atoms with Gasteiger partial charge in [-0.3, -0.25) is 10.1 Å². The summed E-state index contributed by atoms with van der Waals surface area (Å²) in [5.41, 5.74) is 0.432. The standard InChI is InChI=1S/C15H12FNO5/c1-21-14-7-4-12(16)8-11(14)9-22-15(18)10-2-5-13(6-3-10)17(19)20/h2-8H,9H2,1H3. The molecule has 0 bridgehead atoms. The Hall–Kier alpha value is -2.96. The molecule has 0 aliphatic carbocycles. The Balaban J connectivity index is 2.06. The number of halogens is 1. The van der Waals surface area contributed by atoms with Crippen LogP contribution in [-0.2, 0) is 11.3 Å². The average Bonchev–Trinajstić information content (AvgIpc) is 2.52. The molecule has 0 N–H and O–H groups in total. The molecule has 6 nitrogen and oxygen atoms in total. The summed E-state index contributed by atoms with van der Waals surface area (Å²) in [4.78, 5) is 21.8. The van der Waals surface area contributed by atoms with Gasteiger partial charge in [0.2, 0.25) is 0 Å². The molecule has 0 radical (unpaired) electrons. The molecule has 0 saturated carbocycles. The highest BCUT2D eigenvalue weighted by Gasteiger charge is 2.12. The SMILES string of the molecule is COc1ccc(F)cc1COC(=O)c1ccc([N+](=O)[O-])cc1. The number of non-ortho nitro benzene ring substituents is 1. The minimum absolute atomic E-state index is 0.122. The van der Waals surface area contributed by atoms with Gasteiger partial charge >= 0.3 is 5.97 Å². The highest BCUT2D eigenvalue weighted by Crippen LogP contribution is 2.21. The van der Waals surface area contributed by atoms with Gasteiger partial charge in [-0.25, -0.2) is 9.18 Å². The monoisotopic (exact) mass is 305 g/mol. The molecule has 0 amide bonds. The van der Waals surface area contributed by atoms with Gasteiger partial charge in [0.25, 0.3) is 5.69 Å². The Morgan fingerprint density at radius 1 is 1.23 bits per heavy atom. The lowest BCUT2D eigenvalue weighted by atomic mass is 10.2. The first-order valence-electron chi connectivity index (χ1n) is 6.25. The predicted molar refractivity (Wildman–Crippen MR) is 75.2 cm³/mol. The second-order valence-electron chi connectivity index (χ2n) is 4.34. The number of methoxy groups -OCH3 is 1. The van der Waals surface area contributed by atoms with E-state index in [0.29, 0.717) is 11.3 Å². The van der Waals surface area contributed by atoms with Gasteiger partial charge in [0.05, 0.1) is 17.6 Å². The van der Waals surface area contributed by atoms with E-state index in [9.17, 15) is 19.3 Å². The van der Waals surface area contributed by atoms with Gasteiger partial charge in [0.15, 0.2) is 0 Å². The molecular weight excluding hydrogens is 293 g/mol. The van der Waals surface area contributed by atoms with Gasteiger partial charge in [-0.1, -0.05) is 0 Å². The van der Waals surface area contributed by atoms with E-state index >= 15 is 0 Å². The molecule has 114 valence electrons. The Kier molecular flexibility index (Phi) is 4.67. The van der Waals surface area contributed by atoms with Crippen molar-refractivity contribution < 1.29 is 23.6 Å². The van der Waals surface area contributed by atoms with Crippen molar-refractivity contribution in [1.82, 2.24) is 0 Å². The predicted octanol–water partition coefficient (Wildman–Crippen LogP) is 3.10. The lowest BCUT2D eigenvalue weighted by Gasteiger charge is -2.09. The lowest BCUT2D eigenvalue weighted by molar-refractivity contribution is -0.384. The van der Waals surface area contributed by atoms with Crippen LogP contribution in [0.15, 0.2) is 42.5 Å². The second-order valence-corrected chi connectivity index (χ2v) is 4.34. The number of nitro groups is 1. The fourth-order valence-corrected chi connectivity index (χ4v) is 1.81. The molecule has 0 aliphatic heterocycles. The molecule has 7 heteroatoms. The van der Waals surface area contributed by atoms with E-state index < -0.39 is 16.7 Å². The van der Waals surface area contributed by atoms with Gasteiger partial charge in [0.1, 0.15) is 18.2 Å². The minimum Gasteiger partial charge on any atom is -0.496 e. The summed E-state index contributed by atoms with van der Waals surface area (Å²) in [5, 5.41) is 10.5. The summed E-state index contributed by atoms with van der Waals surface area (Å²) in [6.45, 7) is -0.170. The first-order valence-corrected chi connectivity index (χ1v) is 6.25. The number of carbonyl (C=O) groups excluding carboxylic acids is 1. The summed E-state index contributed by atoms with van der Waals surface area (Å²) >= 11 is 0. The largest absolute Gasteiger partial charge is 0.496 e. The van der Waals surface area contributed by atoms with Crippen molar-refractivity contribution in [3.63, 3.8) is 0 Å². The maximum Gasteiger partial charge on any atom is 0.338 e. The normalized spacial score (nSPS) is 10.1. The molecule has 0 heterocycles. The summed E-state index contributed by atoms with van der Waals surface area (Å²) in [7, 11) is 1.43. The van der Waals surface area contributed by atoms with Crippen LogP contribution < -0.4 is 4.74 Å². The van der Waals surface area contributed by atoms with Crippen molar-refractivity contribution in [3.05, 3.63) is 69.5 Å². The lowest BCUT2D eigenvalue weighted by Crippen LogP contribution is -2.06. The number of rotatable bonds is 5. The summed E-state index contributed by atoms with van der Waals surface area (Å²) < 4.78 is 23.3. The van der Waals surface area contributed by atoms with E-state index in [1.165, 1.54) is 49.6 Å². The molecule has 0 unspecified atom stereocenters. The van der Waals surface area contributed by atoms with E-state index in [1.807, 2.05) is 0 Å². The molecule has 22 heavy (non-hydrogen) atoms. The Morgan fingerprint density at radius 2 is 1.91 bits per heavy atom. The molecule has 0 atom stereocenters. The smallest absolute Gasteiger partial charge is 0.338 e. The molecule has 0 aromatic heterocycles. The first-order chi connectivity index (χ1) is 10.5. The Bertz CT molecular complexity index is 700. The average molecular weight is 305 g/mol. The molecule has 0 fully saturated rings. The number of esters is 1. The molecule has 2 aromatic carbocycles. The van der Waals surface area contributed by atoms with Gasteiger partial charge in [0, 0.05) is 17.7 Å². The Morgan fingerprint density at radius 3 is 2.50 bits per heavy atom. The zero-order valence-electron chi connectivity index (χ0n) is 11.6. The number of ether oxygens (including phenoxy) is 2. The summed E-state index contributed by atoms with van der Waals surface area (Å²) in [5.74, 6) is -0.735. The van der Waals surface area contributed by atoms with E-state index in [2.05, 4.69) is 0 Å². The van der Waals surface area contributed by atoms with Crippen LogP contribution in [0.5, 0.6) is 5.75 Å². The highest BCUT2D eigenvalue weighted by atomic mass is 19.1. The molecule has 0 saturated heterocycles.